The number of rotatable bonds is 2. The molecule has 3 heterocycles. The smallest absolute Gasteiger partial charge is 0.261 e. The maximum Gasteiger partial charge on any atom is 0.261 e. The van der Waals surface area contributed by atoms with Crippen molar-refractivity contribution in [3.63, 3.8) is 0 Å². The van der Waals surface area contributed by atoms with Crippen molar-refractivity contribution in [2.75, 3.05) is 5.32 Å². The Labute approximate surface area is 143 Å². The minimum Gasteiger partial charge on any atom is -0.296 e. The van der Waals surface area contributed by atoms with Crippen molar-refractivity contribution in [3.05, 3.63) is 46.3 Å². The van der Waals surface area contributed by atoms with Gasteiger partial charge in [0.25, 0.3) is 11.5 Å². The van der Waals surface area contributed by atoms with Gasteiger partial charge in [-0.2, -0.15) is 10.1 Å². The molecule has 1 aromatic carbocycles. The van der Waals surface area contributed by atoms with Crippen molar-refractivity contribution < 1.29 is 4.79 Å². The number of carbonyl (C=O) groups excluding carboxylic acids is 1. The van der Waals surface area contributed by atoms with Crippen molar-refractivity contribution >= 4 is 22.8 Å². The van der Waals surface area contributed by atoms with Gasteiger partial charge >= 0.3 is 0 Å². The largest absolute Gasteiger partial charge is 0.296 e. The molecule has 2 N–H and O–H groups in total. The van der Waals surface area contributed by atoms with E-state index in [1.165, 1.54) is 6.33 Å². The third-order valence-corrected chi connectivity index (χ3v) is 4.48. The fraction of sp³-hybridized carbons (Fsp3) is 0.353. The van der Waals surface area contributed by atoms with E-state index in [9.17, 15) is 9.59 Å². The van der Waals surface area contributed by atoms with Gasteiger partial charge in [0, 0.05) is 18.5 Å². The van der Waals surface area contributed by atoms with Crippen LogP contribution in [0.3, 0.4) is 0 Å². The molecule has 128 valence electrons. The molecule has 1 amide bonds. The minimum absolute atomic E-state index is 0.0240. The summed E-state index contributed by atoms with van der Waals surface area (Å²) in [6, 6.07) is 4.96. The quantitative estimate of drug-likeness (QED) is 0.742. The number of H-pyrrole nitrogens is 1. The molecule has 0 spiro atoms. The molecule has 3 aromatic rings. The molecule has 0 radical (unpaired) electrons. The summed E-state index contributed by atoms with van der Waals surface area (Å²) in [6.07, 6.45) is 6.44. The van der Waals surface area contributed by atoms with Crippen molar-refractivity contribution in [2.45, 2.75) is 38.6 Å². The Morgan fingerprint density at radius 3 is 2.92 bits per heavy atom. The minimum atomic E-state index is -0.327. The zero-order chi connectivity index (χ0) is 17.2. The monoisotopic (exact) mass is 338 g/mol. The van der Waals surface area contributed by atoms with Gasteiger partial charge in [0.05, 0.1) is 10.9 Å². The number of nitrogens with one attached hydrogen (secondary N) is 2. The van der Waals surface area contributed by atoms with Crippen molar-refractivity contribution in [3.8, 4) is 0 Å². The third kappa shape index (κ3) is 3.02. The van der Waals surface area contributed by atoms with Crippen LogP contribution in [0.15, 0.2) is 29.3 Å². The molecule has 25 heavy (non-hydrogen) atoms. The first-order valence-corrected chi connectivity index (χ1v) is 8.42. The Morgan fingerprint density at radius 2 is 2.08 bits per heavy atom. The van der Waals surface area contributed by atoms with E-state index in [2.05, 4.69) is 25.5 Å². The highest BCUT2D eigenvalue weighted by molar-refractivity contribution is 6.05. The molecule has 0 fully saturated rings. The highest BCUT2D eigenvalue weighted by atomic mass is 16.2. The van der Waals surface area contributed by atoms with Gasteiger partial charge in [0.15, 0.2) is 0 Å². The van der Waals surface area contributed by atoms with E-state index in [1.54, 1.807) is 22.8 Å². The van der Waals surface area contributed by atoms with E-state index < -0.39 is 0 Å². The summed E-state index contributed by atoms with van der Waals surface area (Å²) >= 11 is 0. The van der Waals surface area contributed by atoms with Crippen LogP contribution in [-0.4, -0.2) is 30.6 Å². The Bertz CT molecular complexity index is 977. The number of fused-ring (bicyclic) bond motifs is 2. The third-order valence-electron chi connectivity index (χ3n) is 4.48. The molecule has 0 atom stereocenters. The Hall–Kier alpha value is -3.03. The number of amides is 1. The summed E-state index contributed by atoms with van der Waals surface area (Å²) in [6.45, 7) is 0.713. The van der Waals surface area contributed by atoms with Crippen LogP contribution in [0, 0.1) is 0 Å². The average Bonchev–Trinajstić information content (AvgIpc) is 3.09. The van der Waals surface area contributed by atoms with Crippen LogP contribution in [0.4, 0.5) is 5.95 Å². The predicted octanol–water partition coefficient (Wildman–Crippen LogP) is 1.88. The second-order valence-electron chi connectivity index (χ2n) is 6.17. The number of carbonyl (C=O) groups is 1. The molecule has 0 saturated carbocycles. The van der Waals surface area contributed by atoms with Crippen LogP contribution in [0.1, 0.15) is 41.9 Å². The number of anilines is 1. The molecule has 0 bridgehead atoms. The maximum absolute atomic E-state index is 12.8. The molecule has 8 heteroatoms. The molecule has 0 saturated heterocycles. The number of aromatic nitrogens is 5. The number of nitrogens with zero attached hydrogens (tertiary/aromatic N) is 4. The van der Waals surface area contributed by atoms with Crippen LogP contribution in [0.5, 0.6) is 0 Å². The number of benzene rings is 1. The highest BCUT2D eigenvalue weighted by Crippen LogP contribution is 2.16. The van der Waals surface area contributed by atoms with Crippen LogP contribution in [0.2, 0.25) is 0 Å². The molecular weight excluding hydrogens is 320 g/mol. The van der Waals surface area contributed by atoms with Crippen molar-refractivity contribution in [1.82, 2.24) is 24.7 Å². The molecule has 0 aliphatic carbocycles. The topological polar surface area (TPSA) is 106 Å². The van der Waals surface area contributed by atoms with Gasteiger partial charge in [0.1, 0.15) is 12.2 Å². The number of hydrogen-bond donors (Lipinski definition) is 2. The fourth-order valence-electron chi connectivity index (χ4n) is 3.18. The molecule has 0 unspecified atom stereocenters. The molecule has 1 aliphatic rings. The van der Waals surface area contributed by atoms with Gasteiger partial charge in [-0.25, -0.2) is 10.1 Å². The predicted molar refractivity (Wildman–Crippen MR) is 92.5 cm³/mol. The lowest BCUT2D eigenvalue weighted by Gasteiger charge is -2.16. The first kappa shape index (κ1) is 15.5. The molecule has 2 aromatic heterocycles. The zero-order valence-corrected chi connectivity index (χ0v) is 13.7. The van der Waals surface area contributed by atoms with Gasteiger partial charge in [-0.15, -0.1) is 0 Å². The van der Waals surface area contributed by atoms with Crippen LogP contribution >= 0.6 is 0 Å². The fourth-order valence-corrected chi connectivity index (χ4v) is 3.18. The van der Waals surface area contributed by atoms with E-state index in [1.807, 2.05) is 0 Å². The maximum atomic E-state index is 12.8. The first-order valence-electron chi connectivity index (χ1n) is 8.42. The Kier molecular flexibility index (Phi) is 4.01. The number of aromatic amines is 1. The average molecular weight is 338 g/mol. The summed E-state index contributed by atoms with van der Waals surface area (Å²) in [4.78, 5) is 33.6. The van der Waals surface area contributed by atoms with E-state index >= 15 is 0 Å². The standard InChI is InChI=1S/C17H18N6O2/c24-15(21-17-18-10-19-22-17)11-6-7-12-13(9-11)20-14-5-3-1-2-4-8-23(14)16(12)25/h6-7,9-10H,1-5,8H2,(H2,18,19,21,22,24). The summed E-state index contributed by atoms with van der Waals surface area (Å²) in [5, 5.41) is 9.42. The normalized spacial score (nSPS) is 14.6. The Balaban J connectivity index is 1.74. The summed E-state index contributed by atoms with van der Waals surface area (Å²) < 4.78 is 1.79. The zero-order valence-electron chi connectivity index (χ0n) is 13.7. The number of hydrogen-bond acceptors (Lipinski definition) is 5. The van der Waals surface area contributed by atoms with Gasteiger partial charge in [-0.05, 0) is 31.0 Å². The molecular formula is C17H18N6O2. The molecule has 4 rings (SSSR count). The van der Waals surface area contributed by atoms with Crippen LogP contribution in [-0.2, 0) is 13.0 Å². The van der Waals surface area contributed by atoms with Crippen molar-refractivity contribution in [2.24, 2.45) is 0 Å². The lowest BCUT2D eigenvalue weighted by Crippen LogP contribution is -2.26. The van der Waals surface area contributed by atoms with Gasteiger partial charge in [-0.3, -0.25) is 19.5 Å². The highest BCUT2D eigenvalue weighted by Gasteiger charge is 2.15. The van der Waals surface area contributed by atoms with E-state index in [-0.39, 0.29) is 17.4 Å². The SMILES string of the molecule is O=C(Nc1ncn[nH]1)c1ccc2c(=O)n3c(nc2c1)CCCCCC3. The van der Waals surface area contributed by atoms with Gasteiger partial charge in [0.2, 0.25) is 5.95 Å². The second kappa shape index (κ2) is 6.46. The van der Waals surface area contributed by atoms with E-state index in [4.69, 9.17) is 0 Å². The molecule has 1 aliphatic heterocycles. The summed E-state index contributed by atoms with van der Waals surface area (Å²) in [7, 11) is 0. The second-order valence-corrected chi connectivity index (χ2v) is 6.17. The van der Waals surface area contributed by atoms with Crippen LogP contribution in [0.25, 0.3) is 10.9 Å². The van der Waals surface area contributed by atoms with Crippen molar-refractivity contribution in [1.29, 1.82) is 0 Å². The molecule has 8 nitrogen and oxygen atoms in total. The lowest BCUT2D eigenvalue weighted by atomic mass is 10.1. The van der Waals surface area contributed by atoms with E-state index in [0.29, 0.717) is 23.0 Å². The summed E-state index contributed by atoms with van der Waals surface area (Å²) in [5.41, 5.74) is 0.956. The first-order chi connectivity index (χ1) is 12.2. The van der Waals surface area contributed by atoms with Gasteiger partial charge in [-0.1, -0.05) is 12.8 Å². The number of aryl methyl sites for hydroxylation is 1. The van der Waals surface area contributed by atoms with Gasteiger partial charge < -0.3 is 0 Å². The van der Waals surface area contributed by atoms with E-state index in [0.717, 1.165) is 37.9 Å². The van der Waals surface area contributed by atoms with Crippen LogP contribution < -0.4 is 10.9 Å². The summed E-state index contributed by atoms with van der Waals surface area (Å²) in [5.74, 6) is 0.758. The lowest BCUT2D eigenvalue weighted by molar-refractivity contribution is 0.102. The Morgan fingerprint density at radius 1 is 1.20 bits per heavy atom.